The van der Waals surface area contributed by atoms with Crippen molar-refractivity contribution in [1.82, 2.24) is 10.3 Å². The lowest BCUT2D eigenvalue weighted by Gasteiger charge is -2.20. The lowest BCUT2D eigenvalue weighted by Crippen LogP contribution is -2.40. The number of esters is 1. The van der Waals surface area contributed by atoms with Gasteiger partial charge in [-0.25, -0.2) is 4.79 Å². The Balaban J connectivity index is 2.25. The fraction of sp³-hybridized carbons (Fsp3) is 0.278. The van der Waals surface area contributed by atoms with Crippen LogP contribution in [-0.4, -0.2) is 29.5 Å². The second-order valence-corrected chi connectivity index (χ2v) is 6.30. The van der Waals surface area contributed by atoms with E-state index in [1.54, 1.807) is 36.5 Å². The summed E-state index contributed by atoms with van der Waals surface area (Å²) in [4.78, 5) is 28.1. The van der Waals surface area contributed by atoms with Gasteiger partial charge in [-0.2, -0.15) is 0 Å². The molecule has 0 saturated heterocycles. The topological polar surface area (TPSA) is 80.3 Å². The summed E-state index contributed by atoms with van der Waals surface area (Å²) < 4.78 is 4.78. The van der Waals surface area contributed by atoms with E-state index in [1.165, 1.54) is 7.11 Å². The molecule has 1 aromatic carbocycles. The van der Waals surface area contributed by atoms with E-state index in [0.717, 1.165) is 0 Å². The fourth-order valence-corrected chi connectivity index (χ4v) is 2.07. The fourth-order valence-electron chi connectivity index (χ4n) is 2.07. The van der Waals surface area contributed by atoms with Crippen LogP contribution in [0.3, 0.4) is 0 Å². The molecule has 0 spiro atoms. The highest BCUT2D eigenvalue weighted by Gasteiger charge is 2.17. The number of nitrogens with zero attached hydrogens (tertiary/aromatic N) is 1. The van der Waals surface area contributed by atoms with Crippen LogP contribution in [-0.2, 0) is 4.74 Å². The summed E-state index contributed by atoms with van der Waals surface area (Å²) in [5.41, 5.74) is 1.61. The average molecular weight is 327 g/mol. The van der Waals surface area contributed by atoms with E-state index in [9.17, 15) is 9.59 Å². The van der Waals surface area contributed by atoms with Gasteiger partial charge in [0.2, 0.25) is 0 Å². The van der Waals surface area contributed by atoms with E-state index in [4.69, 9.17) is 4.74 Å². The van der Waals surface area contributed by atoms with Gasteiger partial charge in [-0.1, -0.05) is 12.1 Å². The number of ether oxygens (including phenoxy) is 1. The number of rotatable bonds is 4. The minimum atomic E-state index is -0.433. The van der Waals surface area contributed by atoms with E-state index in [2.05, 4.69) is 15.6 Å². The minimum Gasteiger partial charge on any atom is -0.465 e. The molecule has 1 heterocycles. The van der Waals surface area contributed by atoms with E-state index >= 15 is 0 Å². The van der Waals surface area contributed by atoms with Gasteiger partial charge in [0.15, 0.2) is 0 Å². The number of methoxy groups -OCH3 is 1. The molecule has 0 radical (unpaired) electrons. The molecular weight excluding hydrogens is 306 g/mol. The molecule has 2 N–H and O–H groups in total. The van der Waals surface area contributed by atoms with Crippen molar-refractivity contribution in [2.45, 2.75) is 26.3 Å². The second kappa shape index (κ2) is 7.12. The molecule has 1 aromatic heterocycles. The van der Waals surface area contributed by atoms with Crippen molar-refractivity contribution in [1.29, 1.82) is 0 Å². The predicted molar refractivity (Wildman–Crippen MR) is 92.5 cm³/mol. The van der Waals surface area contributed by atoms with Crippen LogP contribution in [0, 0.1) is 0 Å². The van der Waals surface area contributed by atoms with Gasteiger partial charge in [-0.15, -0.1) is 0 Å². The maximum Gasteiger partial charge on any atom is 0.339 e. The van der Waals surface area contributed by atoms with Gasteiger partial charge in [-0.05, 0) is 45.0 Å². The summed E-state index contributed by atoms with van der Waals surface area (Å²) in [6.07, 6.45) is 1.54. The van der Waals surface area contributed by atoms with Crippen molar-refractivity contribution in [3.63, 3.8) is 0 Å². The van der Waals surface area contributed by atoms with E-state index in [-0.39, 0.29) is 11.4 Å². The highest BCUT2D eigenvalue weighted by Crippen LogP contribution is 2.21. The van der Waals surface area contributed by atoms with Gasteiger partial charge < -0.3 is 15.4 Å². The van der Waals surface area contributed by atoms with Gasteiger partial charge in [0.25, 0.3) is 5.91 Å². The lowest BCUT2D eigenvalue weighted by atomic mass is 10.1. The summed E-state index contributed by atoms with van der Waals surface area (Å²) in [5, 5.41) is 5.99. The third kappa shape index (κ3) is 4.55. The molecule has 1 amide bonds. The highest BCUT2D eigenvalue weighted by molar-refractivity contribution is 5.97. The zero-order valence-electron chi connectivity index (χ0n) is 14.2. The first-order valence-electron chi connectivity index (χ1n) is 7.53. The molecular formula is C18H21N3O3. The molecule has 6 nitrogen and oxygen atoms in total. The molecule has 0 unspecified atom stereocenters. The number of benzene rings is 1. The van der Waals surface area contributed by atoms with E-state index < -0.39 is 5.97 Å². The van der Waals surface area contributed by atoms with Crippen molar-refractivity contribution in [3.05, 3.63) is 53.9 Å². The maximum absolute atomic E-state index is 12.2. The molecule has 126 valence electrons. The van der Waals surface area contributed by atoms with Gasteiger partial charge in [-0.3, -0.25) is 9.78 Å². The quantitative estimate of drug-likeness (QED) is 0.843. The number of carbonyl (C=O) groups is 2. The summed E-state index contributed by atoms with van der Waals surface area (Å²) in [6, 6.07) is 10.4. The van der Waals surface area contributed by atoms with Crippen molar-refractivity contribution < 1.29 is 14.3 Å². The third-order valence-electron chi connectivity index (χ3n) is 3.09. The summed E-state index contributed by atoms with van der Waals surface area (Å²) in [5.74, 6) is -0.690. The predicted octanol–water partition coefficient (Wildman–Crippen LogP) is 3.14. The number of amides is 1. The van der Waals surface area contributed by atoms with Crippen LogP contribution in [0.25, 0.3) is 0 Å². The van der Waals surface area contributed by atoms with Crippen LogP contribution in [0.1, 0.15) is 41.6 Å². The Morgan fingerprint density at radius 3 is 2.50 bits per heavy atom. The Morgan fingerprint density at radius 2 is 1.83 bits per heavy atom. The molecule has 24 heavy (non-hydrogen) atoms. The largest absolute Gasteiger partial charge is 0.465 e. The molecule has 0 bridgehead atoms. The van der Waals surface area contributed by atoms with Crippen LogP contribution in [0.15, 0.2) is 42.6 Å². The Hall–Kier alpha value is -2.89. The van der Waals surface area contributed by atoms with E-state index in [1.807, 2.05) is 26.8 Å². The van der Waals surface area contributed by atoms with Crippen molar-refractivity contribution in [2.75, 3.05) is 12.4 Å². The number of pyridine rings is 1. The number of hydrogen-bond acceptors (Lipinski definition) is 5. The van der Waals surface area contributed by atoms with Crippen LogP contribution >= 0.6 is 0 Å². The summed E-state index contributed by atoms with van der Waals surface area (Å²) in [6.45, 7) is 5.71. The number of para-hydroxylation sites is 1. The zero-order chi connectivity index (χ0) is 17.7. The zero-order valence-corrected chi connectivity index (χ0v) is 14.2. The SMILES string of the molecule is COC(=O)c1ccccc1Nc1ccnc(C(=O)NC(C)(C)C)c1. The Morgan fingerprint density at radius 1 is 1.12 bits per heavy atom. The number of carbonyl (C=O) groups excluding carboxylic acids is 2. The van der Waals surface area contributed by atoms with Crippen molar-refractivity contribution in [2.24, 2.45) is 0 Å². The lowest BCUT2D eigenvalue weighted by molar-refractivity contribution is 0.0601. The number of aromatic nitrogens is 1. The van der Waals surface area contributed by atoms with Crippen molar-refractivity contribution in [3.8, 4) is 0 Å². The van der Waals surface area contributed by atoms with E-state index in [0.29, 0.717) is 22.6 Å². The standard InChI is InChI=1S/C18H21N3O3/c1-18(2,3)21-16(22)15-11-12(9-10-19-15)20-14-8-6-5-7-13(14)17(23)24-4/h5-11H,1-4H3,(H,19,20)(H,21,22). The van der Waals surface area contributed by atoms with Gasteiger partial charge in [0.1, 0.15) is 5.69 Å². The molecule has 2 aromatic rings. The number of hydrogen-bond donors (Lipinski definition) is 2. The number of anilines is 2. The maximum atomic E-state index is 12.2. The molecule has 0 aliphatic rings. The van der Waals surface area contributed by atoms with Gasteiger partial charge >= 0.3 is 5.97 Å². The van der Waals surface area contributed by atoms with Crippen LogP contribution in [0.5, 0.6) is 0 Å². The molecule has 0 fully saturated rings. The third-order valence-corrected chi connectivity index (χ3v) is 3.09. The molecule has 6 heteroatoms. The first kappa shape index (κ1) is 17.5. The first-order chi connectivity index (χ1) is 11.3. The monoisotopic (exact) mass is 327 g/mol. The van der Waals surface area contributed by atoms with Crippen LogP contribution in [0.2, 0.25) is 0 Å². The summed E-state index contributed by atoms with van der Waals surface area (Å²) in [7, 11) is 1.33. The Labute approximate surface area is 141 Å². The molecule has 0 aliphatic heterocycles. The van der Waals surface area contributed by atoms with Gasteiger partial charge in [0, 0.05) is 17.4 Å². The molecule has 0 atom stereocenters. The second-order valence-electron chi connectivity index (χ2n) is 6.30. The van der Waals surface area contributed by atoms with Gasteiger partial charge in [0.05, 0.1) is 18.4 Å². The molecule has 0 aliphatic carbocycles. The average Bonchev–Trinajstić information content (AvgIpc) is 2.53. The summed E-state index contributed by atoms with van der Waals surface area (Å²) >= 11 is 0. The molecule has 2 rings (SSSR count). The van der Waals surface area contributed by atoms with Crippen LogP contribution < -0.4 is 10.6 Å². The Kier molecular flexibility index (Phi) is 5.18. The Bertz CT molecular complexity index is 751. The highest BCUT2D eigenvalue weighted by atomic mass is 16.5. The first-order valence-corrected chi connectivity index (χ1v) is 7.53. The minimum absolute atomic E-state index is 0.257. The van der Waals surface area contributed by atoms with Crippen LogP contribution in [0.4, 0.5) is 11.4 Å². The van der Waals surface area contributed by atoms with Crippen molar-refractivity contribution >= 4 is 23.3 Å². The smallest absolute Gasteiger partial charge is 0.339 e. The normalized spacial score (nSPS) is 10.8. The number of nitrogens with one attached hydrogen (secondary N) is 2. The molecule has 0 saturated carbocycles.